The molecule has 1 aromatic heterocycles. The Morgan fingerprint density at radius 3 is 2.25 bits per heavy atom. The molecule has 3 aromatic rings. The second-order valence-corrected chi connectivity index (χ2v) is 18.3. The van der Waals surface area contributed by atoms with Crippen LogP contribution in [0.1, 0.15) is 103 Å². The Kier molecular flexibility index (Phi) is 8.95. The van der Waals surface area contributed by atoms with E-state index in [0.717, 1.165) is 124 Å². The number of likely N-dealkylation sites (tertiary alicyclic amines) is 2. The van der Waals surface area contributed by atoms with Gasteiger partial charge in [-0.2, -0.15) is 5.10 Å². The van der Waals surface area contributed by atoms with Crippen LogP contribution in [0.15, 0.2) is 42.7 Å². The van der Waals surface area contributed by atoms with Crippen LogP contribution in [0.5, 0.6) is 5.75 Å². The normalized spacial score (nSPS) is 26.0. The number of imide groups is 2. The highest BCUT2D eigenvalue weighted by molar-refractivity contribution is 6.23. The molecule has 2 aliphatic carbocycles. The van der Waals surface area contributed by atoms with E-state index in [1.165, 1.54) is 12.0 Å². The molecular weight excluding hydrogens is 749 g/mol. The van der Waals surface area contributed by atoms with E-state index in [2.05, 4.69) is 54.9 Å². The SMILES string of the molecule is C[C@H]1CCc2c(ccc(-c3cnn(C4CCN(C5CN(C6CN(c7ccc8c(c7)C(=O)N(C7CCC(=O)NC7=O)C8=O)C6)C5)CC4)c3)c2OC2CCC2)N1C(=O)C1CC1. The number of hydrogen-bond acceptors (Lipinski definition) is 10. The van der Waals surface area contributed by atoms with Crippen molar-refractivity contribution < 1.29 is 28.7 Å². The third-order valence-corrected chi connectivity index (χ3v) is 14.6. The lowest BCUT2D eigenvalue weighted by molar-refractivity contribution is -0.136. The first-order valence-corrected chi connectivity index (χ1v) is 22.0. The van der Waals surface area contributed by atoms with Crippen molar-refractivity contribution in [3.05, 3.63) is 59.4 Å². The summed E-state index contributed by atoms with van der Waals surface area (Å²) in [4.78, 5) is 74.5. The van der Waals surface area contributed by atoms with Gasteiger partial charge in [-0.3, -0.25) is 48.7 Å². The van der Waals surface area contributed by atoms with Crippen molar-refractivity contribution in [2.45, 2.75) is 114 Å². The highest BCUT2D eigenvalue weighted by Crippen LogP contribution is 2.46. The summed E-state index contributed by atoms with van der Waals surface area (Å²) in [5, 5.41) is 7.17. The molecule has 2 saturated carbocycles. The number of ether oxygens (including phenoxy) is 1. The minimum absolute atomic E-state index is 0.103. The molecule has 1 unspecified atom stereocenters. The molecule has 2 aromatic carbocycles. The molecule has 5 amide bonds. The second-order valence-electron chi connectivity index (χ2n) is 18.3. The number of amides is 5. The number of piperidine rings is 2. The topological polar surface area (TPSA) is 141 Å². The molecule has 14 nitrogen and oxygen atoms in total. The highest BCUT2D eigenvalue weighted by Gasteiger charge is 2.46. The van der Waals surface area contributed by atoms with Gasteiger partial charge in [0.25, 0.3) is 11.8 Å². The van der Waals surface area contributed by atoms with E-state index in [9.17, 15) is 24.0 Å². The number of benzene rings is 2. The van der Waals surface area contributed by atoms with Gasteiger partial charge in [0.15, 0.2) is 0 Å². The van der Waals surface area contributed by atoms with Crippen molar-refractivity contribution in [2.75, 3.05) is 49.1 Å². The number of hydrogen-bond donors (Lipinski definition) is 1. The Bertz CT molecular complexity index is 2240. The van der Waals surface area contributed by atoms with Gasteiger partial charge in [-0.1, -0.05) is 0 Å². The largest absolute Gasteiger partial charge is 0.489 e. The van der Waals surface area contributed by atoms with Crippen LogP contribution in [0, 0.1) is 5.92 Å². The summed E-state index contributed by atoms with van der Waals surface area (Å²) in [6.07, 6.45) is 14.1. The van der Waals surface area contributed by atoms with Crippen molar-refractivity contribution in [2.24, 2.45) is 5.92 Å². The van der Waals surface area contributed by atoms with Gasteiger partial charge >= 0.3 is 0 Å². The zero-order valence-electron chi connectivity index (χ0n) is 33.7. The molecule has 0 bridgehead atoms. The molecule has 2 atom stereocenters. The van der Waals surface area contributed by atoms with Crippen LogP contribution in [0.25, 0.3) is 11.1 Å². The molecule has 6 fully saturated rings. The summed E-state index contributed by atoms with van der Waals surface area (Å²) >= 11 is 0. The minimum atomic E-state index is -0.960. The number of aromatic nitrogens is 2. The zero-order valence-corrected chi connectivity index (χ0v) is 33.7. The lowest BCUT2D eigenvalue weighted by Crippen LogP contribution is -2.70. The van der Waals surface area contributed by atoms with E-state index in [-0.39, 0.29) is 42.7 Å². The Morgan fingerprint density at radius 2 is 1.53 bits per heavy atom. The van der Waals surface area contributed by atoms with Gasteiger partial charge in [0.2, 0.25) is 17.7 Å². The van der Waals surface area contributed by atoms with E-state index >= 15 is 0 Å². The smallest absolute Gasteiger partial charge is 0.262 e. The number of rotatable bonds is 9. The Balaban J connectivity index is 0.688. The van der Waals surface area contributed by atoms with Crippen molar-refractivity contribution in [3.63, 3.8) is 0 Å². The molecule has 11 rings (SSSR count). The molecule has 1 N–H and O–H groups in total. The van der Waals surface area contributed by atoms with Crippen LogP contribution in [0.4, 0.5) is 11.4 Å². The molecule has 308 valence electrons. The molecule has 8 aliphatic rings. The molecule has 14 heteroatoms. The first-order chi connectivity index (χ1) is 28.7. The summed E-state index contributed by atoms with van der Waals surface area (Å²) in [5.74, 6) is -0.505. The van der Waals surface area contributed by atoms with Gasteiger partial charge in [0, 0.05) is 98.3 Å². The third kappa shape index (κ3) is 6.36. The quantitative estimate of drug-likeness (QED) is 0.314. The van der Waals surface area contributed by atoms with Crippen molar-refractivity contribution in [3.8, 4) is 16.9 Å². The predicted octanol–water partition coefficient (Wildman–Crippen LogP) is 4.17. The van der Waals surface area contributed by atoms with Crippen LogP contribution < -0.4 is 19.9 Å². The number of carbonyl (C=O) groups is 5. The zero-order chi connectivity index (χ0) is 40.1. The lowest BCUT2D eigenvalue weighted by Gasteiger charge is -2.55. The molecule has 0 spiro atoms. The monoisotopic (exact) mass is 800 g/mol. The Labute approximate surface area is 343 Å². The molecule has 59 heavy (non-hydrogen) atoms. The maximum absolute atomic E-state index is 13.4. The number of fused-ring (bicyclic) bond motifs is 2. The van der Waals surface area contributed by atoms with Crippen molar-refractivity contribution >= 4 is 40.9 Å². The first-order valence-electron chi connectivity index (χ1n) is 22.0. The van der Waals surface area contributed by atoms with Gasteiger partial charge in [-0.05, 0) is 101 Å². The van der Waals surface area contributed by atoms with E-state index in [1.54, 1.807) is 12.1 Å². The fourth-order valence-corrected chi connectivity index (χ4v) is 10.4. The van der Waals surface area contributed by atoms with Gasteiger partial charge in [0.1, 0.15) is 11.8 Å². The summed E-state index contributed by atoms with van der Waals surface area (Å²) in [6, 6.07) is 10.3. The number of carbonyl (C=O) groups excluding carboxylic acids is 5. The van der Waals surface area contributed by atoms with Crippen LogP contribution in [0.3, 0.4) is 0 Å². The second kappa shape index (κ2) is 14.3. The summed E-state index contributed by atoms with van der Waals surface area (Å²) in [5.41, 5.74) is 5.94. The fraction of sp³-hybridized carbons (Fsp3) is 0.556. The summed E-state index contributed by atoms with van der Waals surface area (Å²) in [7, 11) is 0. The minimum Gasteiger partial charge on any atom is -0.489 e. The van der Waals surface area contributed by atoms with Gasteiger partial charge in [0.05, 0.1) is 35.2 Å². The molecule has 6 aliphatic heterocycles. The van der Waals surface area contributed by atoms with Crippen molar-refractivity contribution in [1.82, 2.24) is 29.8 Å². The standard InChI is InChI=1S/C45H52N8O6/c1-26-5-9-36-38(52(26)43(56)27-6-7-27)12-11-34(41(36)59-33-3-2-4-33)28-20-46-51(21-28)29-15-17-48(18-16-29)31-22-50(23-31)32-24-49(25-32)30-8-10-35-37(19-30)45(58)53(44(35)57)39-13-14-40(54)47-42(39)55/h8,10-12,19-21,26-27,29,31-33,39H,2-7,9,13-18,22-25H2,1H3,(H,47,54,55)/t26-,39?/m0/s1. The molecule has 0 radical (unpaired) electrons. The molecule has 4 saturated heterocycles. The van der Waals surface area contributed by atoms with Gasteiger partial charge in [-0.15, -0.1) is 0 Å². The summed E-state index contributed by atoms with van der Waals surface area (Å²) in [6.45, 7) is 8.10. The number of nitrogens with zero attached hydrogens (tertiary/aromatic N) is 7. The van der Waals surface area contributed by atoms with E-state index in [0.29, 0.717) is 29.3 Å². The fourth-order valence-electron chi connectivity index (χ4n) is 10.4. The average Bonchev–Trinajstić information content (AvgIpc) is 3.87. The third-order valence-electron chi connectivity index (χ3n) is 14.6. The maximum atomic E-state index is 13.4. The highest BCUT2D eigenvalue weighted by atomic mass is 16.5. The maximum Gasteiger partial charge on any atom is 0.262 e. The average molecular weight is 801 g/mol. The predicted molar refractivity (Wildman–Crippen MR) is 218 cm³/mol. The lowest BCUT2D eigenvalue weighted by atomic mass is 9.91. The van der Waals surface area contributed by atoms with Gasteiger partial charge < -0.3 is 14.5 Å². The Morgan fingerprint density at radius 1 is 0.780 bits per heavy atom. The van der Waals surface area contributed by atoms with Crippen LogP contribution in [-0.4, -0.2) is 124 Å². The van der Waals surface area contributed by atoms with Crippen LogP contribution in [0.2, 0.25) is 0 Å². The van der Waals surface area contributed by atoms with E-state index in [4.69, 9.17) is 9.84 Å². The van der Waals surface area contributed by atoms with E-state index in [1.807, 2.05) is 12.3 Å². The number of anilines is 2. The Hall–Kier alpha value is -5.08. The molecular formula is C45H52N8O6. The molecule has 7 heterocycles. The first kappa shape index (κ1) is 37.0. The van der Waals surface area contributed by atoms with Crippen LogP contribution in [-0.2, 0) is 20.8 Å². The van der Waals surface area contributed by atoms with Gasteiger partial charge in [-0.25, -0.2) is 0 Å². The van der Waals surface area contributed by atoms with E-state index < -0.39 is 23.8 Å². The summed E-state index contributed by atoms with van der Waals surface area (Å²) < 4.78 is 8.95. The number of nitrogens with one attached hydrogen (secondary N) is 1. The van der Waals surface area contributed by atoms with Crippen LogP contribution >= 0.6 is 0 Å². The van der Waals surface area contributed by atoms with Crippen molar-refractivity contribution in [1.29, 1.82) is 0 Å².